The Bertz CT molecular complexity index is 269. The maximum absolute atomic E-state index is 12.6. The van der Waals surface area contributed by atoms with Crippen LogP contribution >= 0.6 is 0 Å². The molecule has 0 aromatic heterocycles. The van der Waals surface area contributed by atoms with Gasteiger partial charge in [0, 0.05) is 12.1 Å². The van der Waals surface area contributed by atoms with Crippen molar-refractivity contribution in [3.63, 3.8) is 0 Å². The number of likely N-dealkylation sites (N-methyl/N-ethyl adjacent to an activating group) is 1. The first-order valence-corrected chi connectivity index (χ1v) is 4.80. The van der Waals surface area contributed by atoms with Crippen LogP contribution in [0.4, 0.5) is 4.39 Å². The summed E-state index contributed by atoms with van der Waals surface area (Å²) in [6.45, 7) is 1.96. The monoisotopic (exact) mass is 196 g/mol. The van der Waals surface area contributed by atoms with E-state index >= 15 is 0 Å². The number of halogens is 1. The molecule has 0 heterocycles. The summed E-state index contributed by atoms with van der Waals surface area (Å²) in [5.74, 6) is -0.199. The molecule has 14 heavy (non-hydrogen) atoms. The van der Waals surface area contributed by atoms with Crippen molar-refractivity contribution in [1.29, 1.82) is 0 Å². The predicted molar refractivity (Wildman–Crippen MR) is 56.6 cm³/mol. The Morgan fingerprint density at radius 1 is 1.36 bits per heavy atom. The van der Waals surface area contributed by atoms with Crippen LogP contribution in [0, 0.1) is 5.82 Å². The van der Waals surface area contributed by atoms with E-state index in [0.717, 1.165) is 12.0 Å². The Morgan fingerprint density at radius 3 is 2.36 bits per heavy atom. The highest BCUT2D eigenvalue weighted by Crippen LogP contribution is 2.06. The molecule has 2 nitrogen and oxygen atoms in total. The summed E-state index contributed by atoms with van der Waals surface area (Å²) in [4.78, 5) is 0. The molecule has 2 atom stereocenters. The van der Waals surface area contributed by atoms with Crippen molar-refractivity contribution in [2.45, 2.75) is 25.4 Å². The third kappa shape index (κ3) is 3.09. The molecule has 0 saturated heterocycles. The molecule has 1 rings (SSSR count). The molecule has 0 aliphatic carbocycles. The summed E-state index contributed by atoms with van der Waals surface area (Å²) in [7, 11) is 1.89. The molecule has 0 aliphatic rings. The van der Waals surface area contributed by atoms with E-state index in [1.807, 2.05) is 14.0 Å². The maximum Gasteiger partial charge on any atom is 0.123 e. The quantitative estimate of drug-likeness (QED) is 0.762. The van der Waals surface area contributed by atoms with Crippen molar-refractivity contribution in [3.05, 3.63) is 35.6 Å². The molecule has 0 fully saturated rings. The van der Waals surface area contributed by atoms with Gasteiger partial charge in [0.1, 0.15) is 5.82 Å². The first-order chi connectivity index (χ1) is 6.63. The fourth-order valence-corrected chi connectivity index (χ4v) is 1.43. The Labute approximate surface area is 84.3 Å². The minimum absolute atomic E-state index is 0.0880. The standard InChI is InChI=1S/C11H17FN2/c1-8(13)11(14-2)7-9-3-5-10(12)6-4-9/h3-6,8,11,14H,7,13H2,1-2H3. The first-order valence-electron chi connectivity index (χ1n) is 4.80. The van der Waals surface area contributed by atoms with E-state index in [1.54, 1.807) is 12.1 Å². The minimum atomic E-state index is -0.199. The van der Waals surface area contributed by atoms with E-state index in [1.165, 1.54) is 12.1 Å². The summed E-state index contributed by atoms with van der Waals surface area (Å²) < 4.78 is 12.6. The lowest BCUT2D eigenvalue weighted by Crippen LogP contribution is -2.42. The first kappa shape index (κ1) is 11.1. The van der Waals surface area contributed by atoms with Crippen LogP contribution in [-0.2, 0) is 6.42 Å². The Kier molecular flexibility index (Phi) is 4.04. The SMILES string of the molecule is CNC(Cc1ccc(F)cc1)C(C)N. The van der Waals surface area contributed by atoms with Crippen LogP contribution in [0.2, 0.25) is 0 Å². The van der Waals surface area contributed by atoms with E-state index in [-0.39, 0.29) is 17.9 Å². The molecule has 1 aromatic rings. The van der Waals surface area contributed by atoms with Gasteiger partial charge in [0.2, 0.25) is 0 Å². The van der Waals surface area contributed by atoms with Gasteiger partial charge in [-0.15, -0.1) is 0 Å². The Balaban J connectivity index is 2.63. The Hall–Kier alpha value is -0.930. The van der Waals surface area contributed by atoms with E-state index in [9.17, 15) is 4.39 Å². The summed E-state index contributed by atoms with van der Waals surface area (Å²) in [5, 5.41) is 3.15. The van der Waals surface area contributed by atoms with E-state index in [4.69, 9.17) is 5.73 Å². The molecule has 1 aromatic carbocycles. The second kappa shape index (κ2) is 5.08. The highest BCUT2D eigenvalue weighted by Gasteiger charge is 2.11. The fourth-order valence-electron chi connectivity index (χ4n) is 1.43. The third-order valence-electron chi connectivity index (χ3n) is 2.37. The minimum Gasteiger partial charge on any atom is -0.327 e. The smallest absolute Gasteiger partial charge is 0.123 e. The van der Waals surface area contributed by atoms with Crippen LogP contribution in [0.5, 0.6) is 0 Å². The average Bonchev–Trinajstić information content (AvgIpc) is 2.16. The summed E-state index contributed by atoms with van der Waals surface area (Å²) in [6, 6.07) is 6.86. The molecular weight excluding hydrogens is 179 g/mol. The predicted octanol–water partition coefficient (Wildman–Crippen LogP) is 1.30. The second-order valence-corrected chi connectivity index (χ2v) is 3.58. The number of hydrogen-bond donors (Lipinski definition) is 2. The zero-order valence-electron chi connectivity index (χ0n) is 8.63. The maximum atomic E-state index is 12.6. The van der Waals surface area contributed by atoms with Crippen molar-refractivity contribution in [1.82, 2.24) is 5.32 Å². The molecule has 2 unspecified atom stereocenters. The number of benzene rings is 1. The highest BCUT2D eigenvalue weighted by atomic mass is 19.1. The van der Waals surface area contributed by atoms with Crippen LogP contribution in [0.3, 0.4) is 0 Å². The van der Waals surface area contributed by atoms with Crippen molar-refractivity contribution < 1.29 is 4.39 Å². The van der Waals surface area contributed by atoms with Gasteiger partial charge >= 0.3 is 0 Å². The molecule has 3 N–H and O–H groups in total. The Morgan fingerprint density at radius 2 is 1.93 bits per heavy atom. The number of rotatable bonds is 4. The van der Waals surface area contributed by atoms with Gasteiger partial charge < -0.3 is 11.1 Å². The molecule has 0 aliphatic heterocycles. The van der Waals surface area contributed by atoms with Gasteiger partial charge in [-0.2, -0.15) is 0 Å². The summed E-state index contributed by atoms with van der Waals surface area (Å²) in [5.41, 5.74) is 6.89. The van der Waals surface area contributed by atoms with Crippen LogP contribution in [-0.4, -0.2) is 19.1 Å². The van der Waals surface area contributed by atoms with Crippen molar-refractivity contribution in [2.75, 3.05) is 7.05 Å². The topological polar surface area (TPSA) is 38.0 Å². The zero-order valence-corrected chi connectivity index (χ0v) is 8.63. The van der Waals surface area contributed by atoms with Gasteiger partial charge in [0.05, 0.1) is 0 Å². The molecule has 0 amide bonds. The van der Waals surface area contributed by atoms with Crippen molar-refractivity contribution in [3.8, 4) is 0 Å². The molecule has 3 heteroatoms. The molecule has 0 saturated carbocycles. The summed E-state index contributed by atoms with van der Waals surface area (Å²) in [6.07, 6.45) is 0.828. The van der Waals surface area contributed by atoms with Gasteiger partial charge in [-0.25, -0.2) is 4.39 Å². The second-order valence-electron chi connectivity index (χ2n) is 3.58. The van der Waals surface area contributed by atoms with Gasteiger partial charge in [0.25, 0.3) is 0 Å². The van der Waals surface area contributed by atoms with Gasteiger partial charge in [-0.1, -0.05) is 12.1 Å². The number of nitrogens with one attached hydrogen (secondary N) is 1. The third-order valence-corrected chi connectivity index (χ3v) is 2.37. The lowest BCUT2D eigenvalue weighted by Gasteiger charge is -2.19. The van der Waals surface area contributed by atoms with Gasteiger partial charge in [-0.3, -0.25) is 0 Å². The molecule has 0 spiro atoms. The molecular formula is C11H17FN2. The van der Waals surface area contributed by atoms with Crippen molar-refractivity contribution >= 4 is 0 Å². The van der Waals surface area contributed by atoms with Gasteiger partial charge in [0.15, 0.2) is 0 Å². The van der Waals surface area contributed by atoms with E-state index in [0.29, 0.717) is 0 Å². The summed E-state index contributed by atoms with van der Waals surface area (Å²) >= 11 is 0. The van der Waals surface area contributed by atoms with E-state index < -0.39 is 0 Å². The highest BCUT2D eigenvalue weighted by molar-refractivity contribution is 5.17. The van der Waals surface area contributed by atoms with Crippen molar-refractivity contribution in [2.24, 2.45) is 5.73 Å². The number of hydrogen-bond acceptors (Lipinski definition) is 2. The largest absolute Gasteiger partial charge is 0.327 e. The van der Waals surface area contributed by atoms with Crippen LogP contribution in [0.15, 0.2) is 24.3 Å². The normalized spacial score (nSPS) is 15.1. The lowest BCUT2D eigenvalue weighted by atomic mass is 10.0. The number of nitrogens with two attached hydrogens (primary N) is 1. The molecule has 78 valence electrons. The molecule has 0 bridgehead atoms. The molecule has 0 radical (unpaired) electrons. The van der Waals surface area contributed by atoms with Crippen LogP contribution in [0.25, 0.3) is 0 Å². The average molecular weight is 196 g/mol. The van der Waals surface area contributed by atoms with Gasteiger partial charge in [-0.05, 0) is 38.1 Å². The van der Waals surface area contributed by atoms with Crippen LogP contribution in [0.1, 0.15) is 12.5 Å². The van der Waals surface area contributed by atoms with E-state index in [2.05, 4.69) is 5.32 Å². The lowest BCUT2D eigenvalue weighted by molar-refractivity contribution is 0.479. The zero-order chi connectivity index (χ0) is 10.6. The fraction of sp³-hybridized carbons (Fsp3) is 0.455. The van der Waals surface area contributed by atoms with Crippen LogP contribution < -0.4 is 11.1 Å².